The van der Waals surface area contributed by atoms with Gasteiger partial charge in [-0.05, 0) is 18.2 Å². The molecule has 2 unspecified atom stereocenters. The molecule has 1 saturated heterocycles. The van der Waals surface area contributed by atoms with Crippen molar-refractivity contribution in [1.82, 2.24) is 0 Å². The van der Waals surface area contributed by atoms with E-state index in [9.17, 15) is 17.4 Å². The van der Waals surface area contributed by atoms with E-state index in [-0.39, 0.29) is 42.8 Å². The van der Waals surface area contributed by atoms with E-state index >= 15 is 0 Å². The molecule has 1 aliphatic rings. The van der Waals surface area contributed by atoms with E-state index in [1.165, 1.54) is 12.1 Å². The molecule has 0 aliphatic carbocycles. The molecule has 1 aromatic carbocycles. The fourth-order valence-corrected chi connectivity index (χ4v) is 3.62. The lowest BCUT2D eigenvalue weighted by molar-refractivity contribution is -0.260. The fourth-order valence-electron chi connectivity index (χ4n) is 2.45. The molecule has 136 valence electrons. The van der Waals surface area contributed by atoms with Crippen molar-refractivity contribution in [3.05, 3.63) is 24.3 Å². The lowest BCUT2D eigenvalue weighted by Crippen LogP contribution is -2.55. The van der Waals surface area contributed by atoms with Gasteiger partial charge in [0.25, 0.3) is 0 Å². The number of nitrogens with one attached hydrogen (secondary N) is 1. The Morgan fingerprint density at radius 3 is 2.62 bits per heavy atom. The van der Waals surface area contributed by atoms with Gasteiger partial charge in [-0.3, -0.25) is 0 Å². The van der Waals surface area contributed by atoms with Gasteiger partial charge in [0.05, 0.1) is 45.8 Å². The number of rotatable bonds is 7. The first-order chi connectivity index (χ1) is 11.1. The quantitative estimate of drug-likeness (QED) is 0.777. The van der Waals surface area contributed by atoms with Crippen LogP contribution in [0.2, 0.25) is 0 Å². The molecule has 0 radical (unpaired) electrons. The van der Waals surface area contributed by atoms with Gasteiger partial charge in [-0.25, -0.2) is 8.99 Å². The molecule has 0 amide bonds. The maximum absolute atomic E-state index is 13.0. The molecular formula is C15H21F3N2O3S. The van der Waals surface area contributed by atoms with E-state index in [1.807, 2.05) is 0 Å². The summed E-state index contributed by atoms with van der Waals surface area (Å²) >= 11 is 0. The van der Waals surface area contributed by atoms with Crippen LogP contribution in [0.15, 0.2) is 29.2 Å². The lowest BCUT2D eigenvalue weighted by Gasteiger charge is -2.45. The van der Waals surface area contributed by atoms with E-state index in [4.69, 9.17) is 20.0 Å². The van der Waals surface area contributed by atoms with Crippen LogP contribution in [0.4, 0.5) is 13.2 Å². The molecule has 0 spiro atoms. The predicted octanol–water partition coefficient (Wildman–Crippen LogP) is 2.64. The zero-order valence-electron chi connectivity index (χ0n) is 13.3. The summed E-state index contributed by atoms with van der Waals surface area (Å²) in [6.45, 7) is 1.04. The first kappa shape index (κ1) is 19.0. The van der Waals surface area contributed by atoms with Crippen molar-refractivity contribution in [2.24, 2.45) is 17.1 Å². The Labute approximate surface area is 139 Å². The van der Waals surface area contributed by atoms with Crippen molar-refractivity contribution in [3.8, 4) is 5.75 Å². The molecule has 1 aliphatic heterocycles. The smallest absolute Gasteiger partial charge is 0.392 e. The summed E-state index contributed by atoms with van der Waals surface area (Å²) in [6.07, 6.45) is -4.33. The van der Waals surface area contributed by atoms with Gasteiger partial charge in [-0.2, -0.15) is 13.2 Å². The van der Waals surface area contributed by atoms with E-state index in [2.05, 4.69) is 0 Å². The van der Waals surface area contributed by atoms with Gasteiger partial charge in [0, 0.05) is 12.3 Å². The fraction of sp³-hybridized carbons (Fsp3) is 0.600. The van der Waals surface area contributed by atoms with E-state index in [0.717, 1.165) is 6.92 Å². The Bertz CT molecular complexity index is 673. The second-order valence-corrected chi connectivity index (χ2v) is 8.28. The summed E-state index contributed by atoms with van der Waals surface area (Å²) in [7, 11) is -3.03. The van der Waals surface area contributed by atoms with Crippen LogP contribution < -0.4 is 10.5 Å². The molecule has 0 aromatic heterocycles. The van der Waals surface area contributed by atoms with Crippen molar-refractivity contribution in [2.45, 2.75) is 18.0 Å². The zero-order valence-corrected chi connectivity index (χ0v) is 14.1. The standard InChI is InChI=1S/C15H21F3N2O3S/c1-11(15(16,17)18)14(8-22-9-14)10-23-12-3-2-4-13(7-12)24(20,21)6-5-19/h2-4,7,11,20H,5-6,8-10,19H2,1H3. The summed E-state index contributed by atoms with van der Waals surface area (Å²) in [5.41, 5.74) is 4.24. The SMILES string of the molecule is CC(C(F)(F)F)C1(COc2cccc(S(=N)(=O)CCN)c2)COC1. The highest BCUT2D eigenvalue weighted by Gasteiger charge is 2.55. The Kier molecular flexibility index (Phi) is 5.46. The average Bonchev–Trinajstić information content (AvgIpc) is 2.45. The normalized spacial score (nSPS) is 20.7. The molecule has 1 aromatic rings. The van der Waals surface area contributed by atoms with Crippen LogP contribution in [0.3, 0.4) is 0 Å². The number of hydrogen-bond acceptors (Lipinski definition) is 5. The Morgan fingerprint density at radius 1 is 1.46 bits per heavy atom. The van der Waals surface area contributed by atoms with Crippen LogP contribution in [0, 0.1) is 16.1 Å². The monoisotopic (exact) mass is 366 g/mol. The van der Waals surface area contributed by atoms with Gasteiger partial charge < -0.3 is 15.2 Å². The van der Waals surface area contributed by atoms with Gasteiger partial charge in [-0.15, -0.1) is 0 Å². The van der Waals surface area contributed by atoms with Gasteiger partial charge in [0.2, 0.25) is 0 Å². The zero-order chi connectivity index (χ0) is 18.0. The molecule has 9 heteroatoms. The largest absolute Gasteiger partial charge is 0.493 e. The van der Waals surface area contributed by atoms with Gasteiger partial charge in [-0.1, -0.05) is 13.0 Å². The Hall–Kier alpha value is -1.32. The summed E-state index contributed by atoms with van der Waals surface area (Å²) in [5.74, 6) is -1.26. The van der Waals surface area contributed by atoms with Gasteiger partial charge in [0.15, 0.2) is 0 Å². The van der Waals surface area contributed by atoms with E-state index in [1.54, 1.807) is 12.1 Å². The highest BCUT2D eigenvalue weighted by atomic mass is 32.2. The minimum atomic E-state index is -4.33. The van der Waals surface area contributed by atoms with Crippen molar-refractivity contribution in [3.63, 3.8) is 0 Å². The van der Waals surface area contributed by atoms with Crippen LogP contribution in [-0.4, -0.2) is 42.5 Å². The van der Waals surface area contributed by atoms with Crippen molar-refractivity contribution < 1.29 is 26.9 Å². The average molecular weight is 366 g/mol. The first-order valence-electron chi connectivity index (χ1n) is 7.45. The van der Waals surface area contributed by atoms with Crippen molar-refractivity contribution in [1.29, 1.82) is 4.78 Å². The Morgan fingerprint density at radius 2 is 2.12 bits per heavy atom. The third-order valence-corrected chi connectivity index (χ3v) is 6.13. The highest BCUT2D eigenvalue weighted by molar-refractivity contribution is 7.92. The summed E-state index contributed by atoms with van der Waals surface area (Å²) in [6, 6.07) is 6.08. The van der Waals surface area contributed by atoms with Gasteiger partial charge in [0.1, 0.15) is 5.75 Å². The Balaban J connectivity index is 2.12. The van der Waals surface area contributed by atoms with Crippen molar-refractivity contribution >= 4 is 9.73 Å². The molecule has 2 atom stereocenters. The minimum Gasteiger partial charge on any atom is -0.493 e. The molecule has 0 bridgehead atoms. The first-order valence-corrected chi connectivity index (χ1v) is 9.17. The topological polar surface area (TPSA) is 85.4 Å². The highest BCUT2D eigenvalue weighted by Crippen LogP contribution is 2.45. The molecule has 2 rings (SSSR count). The summed E-state index contributed by atoms with van der Waals surface area (Å²) in [4.78, 5) is 0.258. The number of hydrogen-bond donors (Lipinski definition) is 2. The maximum atomic E-state index is 13.0. The van der Waals surface area contributed by atoms with Gasteiger partial charge >= 0.3 is 6.18 Å². The van der Waals surface area contributed by atoms with Crippen LogP contribution in [-0.2, 0) is 14.5 Å². The predicted molar refractivity (Wildman–Crippen MR) is 83.5 cm³/mol. The summed E-state index contributed by atoms with van der Waals surface area (Å²) in [5, 5.41) is 0. The lowest BCUT2D eigenvalue weighted by atomic mass is 9.74. The third-order valence-electron chi connectivity index (χ3n) is 4.31. The van der Waals surface area contributed by atoms with E-state index in [0.29, 0.717) is 0 Å². The van der Waals surface area contributed by atoms with Crippen molar-refractivity contribution in [2.75, 3.05) is 32.1 Å². The molecule has 1 heterocycles. The third kappa shape index (κ3) is 4.01. The van der Waals surface area contributed by atoms with Crippen LogP contribution in [0.5, 0.6) is 5.75 Å². The number of ether oxygens (including phenoxy) is 2. The second-order valence-electron chi connectivity index (χ2n) is 6.05. The molecular weight excluding hydrogens is 345 g/mol. The van der Waals surface area contributed by atoms with Crippen LogP contribution >= 0.6 is 0 Å². The number of halogens is 3. The minimum absolute atomic E-state index is 0.0132. The number of nitrogens with two attached hydrogens (primary N) is 1. The number of benzene rings is 1. The number of alkyl halides is 3. The molecule has 0 saturated carbocycles. The second kappa shape index (κ2) is 6.89. The maximum Gasteiger partial charge on any atom is 0.392 e. The summed E-state index contributed by atoms with van der Waals surface area (Å²) < 4.78 is 69.6. The van der Waals surface area contributed by atoms with E-state index < -0.39 is 27.2 Å². The molecule has 3 N–H and O–H groups in total. The molecule has 24 heavy (non-hydrogen) atoms. The molecule has 1 fully saturated rings. The van der Waals surface area contributed by atoms with Crippen LogP contribution in [0.25, 0.3) is 0 Å². The van der Waals surface area contributed by atoms with Crippen LogP contribution in [0.1, 0.15) is 6.92 Å². The molecule has 5 nitrogen and oxygen atoms in total.